The fourth-order valence-corrected chi connectivity index (χ4v) is 1.09. The van der Waals surface area contributed by atoms with Gasteiger partial charge in [0.1, 0.15) is 5.82 Å². The molecule has 0 spiro atoms. The minimum atomic E-state index is -0.445. The van der Waals surface area contributed by atoms with E-state index in [1.54, 1.807) is 6.92 Å². The Hall–Kier alpha value is -0.670. The number of pyridine rings is 1. The molecule has 1 aromatic heterocycles. The lowest BCUT2D eigenvalue weighted by atomic mass is 10.2. The van der Waals surface area contributed by atoms with Gasteiger partial charge in [0.2, 0.25) is 0 Å². The summed E-state index contributed by atoms with van der Waals surface area (Å²) in [7, 11) is 0. The molecule has 4 heteroatoms. The predicted octanol–water partition coefficient (Wildman–Crippen LogP) is 1.89. The Balaban J connectivity index is 3.09. The lowest BCUT2D eigenvalue weighted by molar-refractivity contribution is 0.616. The highest BCUT2D eigenvalue weighted by molar-refractivity contribution is 6.31. The van der Waals surface area contributed by atoms with Crippen LogP contribution in [0.15, 0.2) is 12.3 Å². The molecular formula is C7H8ClFN2. The molecule has 1 heterocycles. The average Bonchev–Trinajstić information content (AvgIpc) is 1.85. The number of hydrogen-bond acceptors (Lipinski definition) is 2. The zero-order chi connectivity index (χ0) is 8.43. The van der Waals surface area contributed by atoms with Crippen LogP contribution in [-0.4, -0.2) is 4.98 Å². The maximum Gasteiger partial charge on any atom is 0.142 e. The quantitative estimate of drug-likeness (QED) is 0.706. The predicted molar refractivity (Wildman–Crippen MR) is 41.8 cm³/mol. The van der Waals surface area contributed by atoms with Gasteiger partial charge in [0, 0.05) is 6.04 Å². The van der Waals surface area contributed by atoms with Crippen molar-refractivity contribution < 1.29 is 4.39 Å². The number of nitrogens with two attached hydrogens (primary N) is 1. The summed E-state index contributed by atoms with van der Waals surface area (Å²) in [5, 5.41) is 0.278. The lowest BCUT2D eigenvalue weighted by Crippen LogP contribution is -2.08. The first-order chi connectivity index (χ1) is 5.11. The van der Waals surface area contributed by atoms with Crippen molar-refractivity contribution >= 4 is 11.6 Å². The van der Waals surface area contributed by atoms with Crippen LogP contribution in [0, 0.1) is 5.82 Å². The van der Waals surface area contributed by atoms with E-state index in [1.165, 1.54) is 6.07 Å². The summed E-state index contributed by atoms with van der Waals surface area (Å²) >= 11 is 5.64. The van der Waals surface area contributed by atoms with E-state index in [4.69, 9.17) is 17.3 Å². The molecule has 1 aromatic rings. The van der Waals surface area contributed by atoms with E-state index in [2.05, 4.69) is 4.98 Å². The van der Waals surface area contributed by atoms with Gasteiger partial charge in [-0.05, 0) is 13.0 Å². The molecule has 0 aliphatic heterocycles. The highest BCUT2D eigenvalue weighted by atomic mass is 35.5. The molecule has 0 bridgehead atoms. The zero-order valence-electron chi connectivity index (χ0n) is 6.01. The summed E-state index contributed by atoms with van der Waals surface area (Å²) in [6, 6.07) is 0.941. The monoisotopic (exact) mass is 174 g/mol. The van der Waals surface area contributed by atoms with Gasteiger partial charge in [-0.3, -0.25) is 4.98 Å². The number of aromatic nitrogens is 1. The minimum absolute atomic E-state index is 0.261. The maximum atomic E-state index is 12.4. The van der Waals surface area contributed by atoms with Crippen LogP contribution in [-0.2, 0) is 0 Å². The molecule has 0 amide bonds. The standard InChI is InChI=1S/C7H8ClFN2/c1-4(10)7-6(8)2-5(9)3-11-7/h2-4H,10H2,1H3. The Morgan fingerprint density at radius 2 is 2.36 bits per heavy atom. The number of rotatable bonds is 1. The summed E-state index contributed by atoms with van der Waals surface area (Å²) in [4.78, 5) is 3.75. The molecule has 1 rings (SSSR count). The van der Waals surface area contributed by atoms with Gasteiger partial charge in [-0.2, -0.15) is 0 Å². The lowest BCUT2D eigenvalue weighted by Gasteiger charge is -2.05. The third-order valence-corrected chi connectivity index (χ3v) is 1.57. The van der Waals surface area contributed by atoms with Gasteiger partial charge in [-0.1, -0.05) is 11.6 Å². The van der Waals surface area contributed by atoms with Crippen molar-refractivity contribution in [2.45, 2.75) is 13.0 Å². The topological polar surface area (TPSA) is 38.9 Å². The maximum absolute atomic E-state index is 12.4. The van der Waals surface area contributed by atoms with Crippen molar-refractivity contribution in [2.75, 3.05) is 0 Å². The average molecular weight is 175 g/mol. The van der Waals surface area contributed by atoms with Crippen LogP contribution in [0.2, 0.25) is 5.02 Å². The highest BCUT2D eigenvalue weighted by Crippen LogP contribution is 2.18. The summed E-state index contributed by atoms with van der Waals surface area (Å²) in [5.74, 6) is -0.445. The molecule has 11 heavy (non-hydrogen) atoms. The van der Waals surface area contributed by atoms with E-state index < -0.39 is 5.82 Å². The fourth-order valence-electron chi connectivity index (χ4n) is 0.760. The summed E-state index contributed by atoms with van der Waals surface area (Å²) < 4.78 is 12.4. The van der Waals surface area contributed by atoms with Crippen molar-refractivity contribution in [1.82, 2.24) is 4.98 Å². The van der Waals surface area contributed by atoms with Crippen molar-refractivity contribution in [1.29, 1.82) is 0 Å². The molecule has 0 saturated carbocycles. The molecule has 0 aliphatic carbocycles. The molecule has 2 nitrogen and oxygen atoms in total. The van der Waals surface area contributed by atoms with Gasteiger partial charge in [-0.15, -0.1) is 0 Å². The summed E-state index contributed by atoms with van der Waals surface area (Å²) in [5.41, 5.74) is 6.02. The highest BCUT2D eigenvalue weighted by Gasteiger charge is 2.06. The first-order valence-corrected chi connectivity index (χ1v) is 3.55. The second-order valence-corrected chi connectivity index (χ2v) is 2.72. The van der Waals surface area contributed by atoms with Crippen molar-refractivity contribution in [2.24, 2.45) is 5.73 Å². The zero-order valence-corrected chi connectivity index (χ0v) is 6.77. The number of hydrogen-bond donors (Lipinski definition) is 1. The number of nitrogens with zero attached hydrogens (tertiary/aromatic N) is 1. The van der Waals surface area contributed by atoms with Gasteiger partial charge in [0.15, 0.2) is 0 Å². The number of halogens is 2. The molecule has 60 valence electrons. The Morgan fingerprint density at radius 1 is 1.73 bits per heavy atom. The van der Waals surface area contributed by atoms with Gasteiger partial charge < -0.3 is 5.73 Å². The third kappa shape index (κ3) is 1.88. The second-order valence-electron chi connectivity index (χ2n) is 2.31. The van der Waals surface area contributed by atoms with E-state index in [-0.39, 0.29) is 11.1 Å². The van der Waals surface area contributed by atoms with Crippen LogP contribution >= 0.6 is 11.6 Å². The van der Waals surface area contributed by atoms with Crippen molar-refractivity contribution in [3.05, 3.63) is 28.8 Å². The molecule has 0 saturated heterocycles. The van der Waals surface area contributed by atoms with Crippen LogP contribution in [0.3, 0.4) is 0 Å². The first-order valence-electron chi connectivity index (χ1n) is 3.18. The largest absolute Gasteiger partial charge is 0.323 e. The van der Waals surface area contributed by atoms with E-state index in [1.807, 2.05) is 0 Å². The van der Waals surface area contributed by atoms with E-state index >= 15 is 0 Å². The van der Waals surface area contributed by atoms with Gasteiger partial charge in [-0.25, -0.2) is 4.39 Å². The minimum Gasteiger partial charge on any atom is -0.323 e. The molecule has 2 N–H and O–H groups in total. The van der Waals surface area contributed by atoms with Crippen LogP contribution in [0.1, 0.15) is 18.7 Å². The van der Waals surface area contributed by atoms with Crippen LogP contribution < -0.4 is 5.73 Å². The van der Waals surface area contributed by atoms with Crippen LogP contribution in [0.5, 0.6) is 0 Å². The second kappa shape index (κ2) is 3.15. The smallest absolute Gasteiger partial charge is 0.142 e. The molecule has 0 fully saturated rings. The van der Waals surface area contributed by atoms with Crippen molar-refractivity contribution in [3.63, 3.8) is 0 Å². The molecule has 0 radical (unpaired) electrons. The Kier molecular flexibility index (Phi) is 2.42. The molecule has 0 aromatic carbocycles. The summed E-state index contributed by atoms with van der Waals surface area (Å²) in [6.45, 7) is 1.74. The molecule has 1 atom stereocenters. The molecule has 1 unspecified atom stereocenters. The Labute approximate surface area is 69.2 Å². The molecular weight excluding hydrogens is 167 g/mol. The Morgan fingerprint density at radius 3 is 2.82 bits per heavy atom. The Bertz CT molecular complexity index is 263. The first kappa shape index (κ1) is 8.43. The van der Waals surface area contributed by atoms with Gasteiger partial charge >= 0.3 is 0 Å². The normalized spacial score (nSPS) is 13.1. The summed E-state index contributed by atoms with van der Waals surface area (Å²) in [6.07, 6.45) is 1.10. The van der Waals surface area contributed by atoms with E-state index in [0.717, 1.165) is 6.20 Å². The fraction of sp³-hybridized carbons (Fsp3) is 0.286. The third-order valence-electron chi connectivity index (χ3n) is 1.27. The van der Waals surface area contributed by atoms with E-state index in [0.29, 0.717) is 5.69 Å². The SMILES string of the molecule is CC(N)c1ncc(F)cc1Cl. The van der Waals surface area contributed by atoms with Gasteiger partial charge in [0.05, 0.1) is 16.9 Å². The van der Waals surface area contributed by atoms with Crippen LogP contribution in [0.25, 0.3) is 0 Å². The van der Waals surface area contributed by atoms with E-state index in [9.17, 15) is 4.39 Å². The molecule has 0 aliphatic rings. The van der Waals surface area contributed by atoms with Gasteiger partial charge in [0.25, 0.3) is 0 Å². The van der Waals surface area contributed by atoms with Crippen molar-refractivity contribution in [3.8, 4) is 0 Å². The van der Waals surface area contributed by atoms with Crippen LogP contribution in [0.4, 0.5) is 4.39 Å².